The lowest BCUT2D eigenvalue weighted by molar-refractivity contribution is 0.923. The molecule has 0 atom stereocenters. The van der Waals surface area contributed by atoms with Crippen molar-refractivity contribution in [3.63, 3.8) is 0 Å². The highest BCUT2D eigenvalue weighted by Crippen LogP contribution is 2.22. The number of pyridine rings is 1. The van der Waals surface area contributed by atoms with Crippen LogP contribution in [-0.4, -0.2) is 20.4 Å². The maximum Gasteiger partial charge on any atom is 0.195 e. The van der Waals surface area contributed by atoms with Crippen LogP contribution < -0.4 is 0 Å². The summed E-state index contributed by atoms with van der Waals surface area (Å²) in [4.78, 5) is 0. The molecule has 0 aliphatic heterocycles. The van der Waals surface area contributed by atoms with Crippen LogP contribution in [0.3, 0.4) is 0 Å². The molecule has 0 bridgehead atoms. The molecule has 2 heterocycles. The highest BCUT2D eigenvalue weighted by molar-refractivity contribution is 7.99. The number of aromatic nitrogens is 3. The Labute approximate surface area is 97.5 Å². The van der Waals surface area contributed by atoms with E-state index in [0.717, 1.165) is 21.9 Å². The molecule has 0 saturated carbocycles. The Balaban J connectivity index is 2.36. The largest absolute Gasteiger partial charge is 0.277 e. The summed E-state index contributed by atoms with van der Waals surface area (Å²) in [6.07, 6.45) is 2.04. The van der Waals surface area contributed by atoms with E-state index in [2.05, 4.69) is 39.7 Å². The fourth-order valence-electron chi connectivity index (χ4n) is 1.82. The molecular formula is C12H11N3S. The maximum atomic E-state index is 4.26. The first-order valence-electron chi connectivity index (χ1n) is 5.25. The molecule has 0 aliphatic rings. The fraction of sp³-hybridized carbons (Fsp3) is 0.167. The Hall–Kier alpha value is -1.55. The van der Waals surface area contributed by atoms with E-state index >= 15 is 0 Å². The van der Waals surface area contributed by atoms with E-state index in [0.29, 0.717) is 0 Å². The number of benzene rings is 1. The van der Waals surface area contributed by atoms with Crippen LogP contribution in [0.5, 0.6) is 0 Å². The van der Waals surface area contributed by atoms with Crippen molar-refractivity contribution in [2.75, 3.05) is 5.75 Å². The average molecular weight is 229 g/mol. The molecule has 4 heteroatoms. The quantitative estimate of drug-likeness (QED) is 0.633. The molecule has 0 aliphatic carbocycles. The number of thioether (sulfide) groups is 1. The van der Waals surface area contributed by atoms with Crippen LogP contribution in [0.4, 0.5) is 0 Å². The summed E-state index contributed by atoms with van der Waals surface area (Å²) >= 11 is 1.71. The van der Waals surface area contributed by atoms with Crippen LogP contribution in [0, 0.1) is 0 Å². The zero-order valence-electron chi connectivity index (χ0n) is 8.92. The number of hydrogen-bond donors (Lipinski definition) is 0. The third kappa shape index (κ3) is 1.38. The molecule has 0 saturated heterocycles. The van der Waals surface area contributed by atoms with Gasteiger partial charge in [-0.25, -0.2) is 0 Å². The first kappa shape index (κ1) is 9.66. The monoisotopic (exact) mass is 229 g/mol. The number of rotatable bonds is 2. The molecule has 1 aromatic carbocycles. The highest BCUT2D eigenvalue weighted by Gasteiger charge is 2.07. The lowest BCUT2D eigenvalue weighted by atomic mass is 10.2. The van der Waals surface area contributed by atoms with Gasteiger partial charge in [0.2, 0.25) is 0 Å². The van der Waals surface area contributed by atoms with Crippen LogP contribution in [0.25, 0.3) is 16.4 Å². The molecule has 3 rings (SSSR count). The Bertz CT molecular complexity index is 645. The normalized spacial score (nSPS) is 11.3. The van der Waals surface area contributed by atoms with Gasteiger partial charge >= 0.3 is 0 Å². The summed E-state index contributed by atoms with van der Waals surface area (Å²) < 4.78 is 2.05. The van der Waals surface area contributed by atoms with E-state index in [1.165, 1.54) is 5.39 Å². The number of hydrogen-bond acceptors (Lipinski definition) is 3. The Morgan fingerprint density at radius 3 is 2.94 bits per heavy atom. The summed E-state index contributed by atoms with van der Waals surface area (Å²) in [6, 6.07) is 10.3. The minimum atomic E-state index is 0.939. The van der Waals surface area contributed by atoms with Crippen molar-refractivity contribution in [3.8, 4) is 0 Å². The second-order valence-electron chi connectivity index (χ2n) is 3.51. The van der Waals surface area contributed by atoms with Crippen molar-refractivity contribution in [1.82, 2.24) is 14.6 Å². The molecule has 0 amide bonds. The van der Waals surface area contributed by atoms with E-state index in [9.17, 15) is 0 Å². The first-order valence-corrected chi connectivity index (χ1v) is 6.24. The van der Waals surface area contributed by atoms with E-state index < -0.39 is 0 Å². The Morgan fingerprint density at radius 2 is 2.06 bits per heavy atom. The smallest absolute Gasteiger partial charge is 0.195 e. The van der Waals surface area contributed by atoms with Crippen LogP contribution >= 0.6 is 11.8 Å². The van der Waals surface area contributed by atoms with Gasteiger partial charge < -0.3 is 0 Å². The fourth-order valence-corrected chi connectivity index (χ4v) is 2.47. The molecule has 0 N–H and O–H groups in total. The topological polar surface area (TPSA) is 30.2 Å². The van der Waals surface area contributed by atoms with Gasteiger partial charge in [0, 0.05) is 11.6 Å². The van der Waals surface area contributed by atoms with Crippen LogP contribution in [-0.2, 0) is 0 Å². The van der Waals surface area contributed by atoms with Gasteiger partial charge in [0.1, 0.15) is 0 Å². The van der Waals surface area contributed by atoms with Gasteiger partial charge in [0.15, 0.2) is 10.8 Å². The first-order chi connectivity index (χ1) is 7.90. The summed E-state index contributed by atoms with van der Waals surface area (Å²) in [5.41, 5.74) is 0.939. The standard InChI is InChI=1S/C12H11N3S/c1-2-16-12-14-13-11-10-6-4-3-5-9(10)7-8-15(11)12/h3-8H,2H2,1H3. The van der Waals surface area contributed by atoms with E-state index in [1.54, 1.807) is 11.8 Å². The molecule has 16 heavy (non-hydrogen) atoms. The molecule has 0 fully saturated rings. The van der Waals surface area contributed by atoms with Crippen LogP contribution in [0.1, 0.15) is 6.92 Å². The van der Waals surface area contributed by atoms with E-state index in [-0.39, 0.29) is 0 Å². The van der Waals surface area contributed by atoms with Crippen molar-refractivity contribution >= 4 is 28.2 Å². The predicted octanol–water partition coefficient (Wildman–Crippen LogP) is 2.99. The molecule has 0 spiro atoms. The van der Waals surface area contributed by atoms with Gasteiger partial charge in [-0.3, -0.25) is 4.40 Å². The zero-order valence-corrected chi connectivity index (χ0v) is 9.74. The second kappa shape index (κ2) is 3.79. The minimum Gasteiger partial charge on any atom is -0.277 e. The molecular weight excluding hydrogens is 218 g/mol. The number of nitrogens with zero attached hydrogens (tertiary/aromatic N) is 3. The van der Waals surface area contributed by atoms with Crippen molar-refractivity contribution in [2.45, 2.75) is 12.1 Å². The molecule has 3 nitrogen and oxygen atoms in total. The lowest BCUT2D eigenvalue weighted by Crippen LogP contribution is -1.88. The molecule has 2 aromatic heterocycles. The molecule has 0 unspecified atom stereocenters. The van der Waals surface area contributed by atoms with Gasteiger partial charge in [0.05, 0.1) is 0 Å². The van der Waals surface area contributed by atoms with Crippen LogP contribution in [0.15, 0.2) is 41.7 Å². The van der Waals surface area contributed by atoms with Crippen LogP contribution in [0.2, 0.25) is 0 Å². The van der Waals surface area contributed by atoms with E-state index in [1.807, 2.05) is 18.3 Å². The summed E-state index contributed by atoms with van der Waals surface area (Å²) in [7, 11) is 0. The van der Waals surface area contributed by atoms with Gasteiger partial charge in [-0.1, -0.05) is 43.0 Å². The van der Waals surface area contributed by atoms with Gasteiger partial charge in [0.25, 0.3) is 0 Å². The van der Waals surface area contributed by atoms with Gasteiger partial charge in [-0.05, 0) is 17.2 Å². The van der Waals surface area contributed by atoms with Crippen molar-refractivity contribution in [3.05, 3.63) is 36.5 Å². The third-order valence-corrected chi connectivity index (χ3v) is 3.37. The predicted molar refractivity (Wildman–Crippen MR) is 66.9 cm³/mol. The summed E-state index contributed by atoms with van der Waals surface area (Å²) in [6.45, 7) is 2.12. The minimum absolute atomic E-state index is 0.939. The molecule has 3 aromatic rings. The number of fused-ring (bicyclic) bond motifs is 3. The van der Waals surface area contributed by atoms with Crippen molar-refractivity contribution in [1.29, 1.82) is 0 Å². The summed E-state index contributed by atoms with van der Waals surface area (Å²) in [5, 5.41) is 11.8. The Morgan fingerprint density at radius 1 is 1.19 bits per heavy atom. The van der Waals surface area contributed by atoms with Gasteiger partial charge in [-0.15, -0.1) is 10.2 Å². The maximum absolute atomic E-state index is 4.26. The second-order valence-corrected chi connectivity index (χ2v) is 4.74. The van der Waals surface area contributed by atoms with Gasteiger partial charge in [-0.2, -0.15) is 0 Å². The molecule has 0 radical (unpaired) electrons. The zero-order chi connectivity index (χ0) is 11.0. The Kier molecular flexibility index (Phi) is 2.29. The molecule has 80 valence electrons. The lowest BCUT2D eigenvalue weighted by Gasteiger charge is -2.00. The highest BCUT2D eigenvalue weighted by atomic mass is 32.2. The summed E-state index contributed by atoms with van der Waals surface area (Å²) in [5.74, 6) is 1.01. The SMILES string of the molecule is CCSc1nnc2c3ccccc3ccn12. The average Bonchev–Trinajstić information content (AvgIpc) is 2.73. The van der Waals surface area contributed by atoms with Crippen molar-refractivity contribution < 1.29 is 0 Å². The third-order valence-electron chi connectivity index (χ3n) is 2.54. The van der Waals surface area contributed by atoms with E-state index in [4.69, 9.17) is 0 Å². The van der Waals surface area contributed by atoms with Crippen molar-refractivity contribution in [2.24, 2.45) is 0 Å².